The number of amides is 2. The number of aromatic nitrogens is 2. The fraction of sp³-hybridized carbons (Fsp3) is 0.350. The number of nitrogens with zero attached hydrogens (tertiary/aromatic N) is 2. The van der Waals surface area contributed by atoms with Gasteiger partial charge in [-0.1, -0.05) is 36.0 Å². The van der Waals surface area contributed by atoms with Gasteiger partial charge in [0, 0.05) is 34.7 Å². The van der Waals surface area contributed by atoms with Crippen LogP contribution in [0.2, 0.25) is 0 Å². The van der Waals surface area contributed by atoms with E-state index < -0.39 is 0 Å². The predicted molar refractivity (Wildman–Crippen MR) is 105 cm³/mol. The summed E-state index contributed by atoms with van der Waals surface area (Å²) in [5, 5.41) is 4.66. The first kappa shape index (κ1) is 16.5. The van der Waals surface area contributed by atoms with Gasteiger partial charge in [-0.2, -0.15) is 0 Å². The molecule has 7 heteroatoms. The Kier molecular flexibility index (Phi) is 3.97. The van der Waals surface area contributed by atoms with Crippen LogP contribution >= 0.6 is 11.3 Å². The smallest absolute Gasteiger partial charge is 0.270 e. The standard InChI is InChI=1S/C20H20N4O2S/c25-18(12-5-3-6-12)23-20-22-15-8-9-24(11-17(15)27-20)19(26)16-10-13-4-1-2-7-14(13)21-16/h1-2,4,7,10,12,21H,3,5-6,8-9,11H2,(H,22,23,25). The second-order valence-electron chi connectivity index (χ2n) is 7.25. The highest BCUT2D eigenvalue weighted by Gasteiger charge is 2.28. The van der Waals surface area contributed by atoms with Gasteiger partial charge in [0.15, 0.2) is 5.13 Å². The monoisotopic (exact) mass is 380 g/mol. The molecule has 0 saturated heterocycles. The molecule has 0 unspecified atom stereocenters. The molecule has 3 aromatic rings. The zero-order valence-corrected chi connectivity index (χ0v) is 15.6. The molecule has 5 rings (SSSR count). The van der Waals surface area contributed by atoms with Crippen LogP contribution in [-0.2, 0) is 17.8 Å². The Bertz CT molecular complexity index is 1000. The van der Waals surface area contributed by atoms with Crippen molar-refractivity contribution in [3.63, 3.8) is 0 Å². The molecule has 1 aromatic carbocycles. The summed E-state index contributed by atoms with van der Waals surface area (Å²) in [4.78, 5) is 35.7. The summed E-state index contributed by atoms with van der Waals surface area (Å²) in [6.07, 6.45) is 3.81. The summed E-state index contributed by atoms with van der Waals surface area (Å²) in [5.41, 5.74) is 2.59. The van der Waals surface area contributed by atoms with Crippen molar-refractivity contribution in [1.29, 1.82) is 0 Å². The molecular weight excluding hydrogens is 360 g/mol. The summed E-state index contributed by atoms with van der Waals surface area (Å²) >= 11 is 1.49. The van der Waals surface area contributed by atoms with Crippen LogP contribution in [0.3, 0.4) is 0 Å². The molecule has 1 aliphatic heterocycles. The molecule has 0 bridgehead atoms. The summed E-state index contributed by atoms with van der Waals surface area (Å²) in [5.74, 6) is 0.231. The number of rotatable bonds is 3. The number of para-hydroxylation sites is 1. The normalized spacial score (nSPS) is 16.8. The maximum Gasteiger partial charge on any atom is 0.270 e. The number of aromatic amines is 1. The van der Waals surface area contributed by atoms with Crippen LogP contribution in [-0.4, -0.2) is 33.2 Å². The van der Waals surface area contributed by atoms with Crippen LogP contribution < -0.4 is 5.32 Å². The number of carbonyl (C=O) groups excluding carboxylic acids is 2. The molecular formula is C20H20N4O2S. The minimum atomic E-state index is 0.00491. The minimum Gasteiger partial charge on any atom is -0.351 e. The van der Waals surface area contributed by atoms with Crippen molar-refractivity contribution >= 4 is 39.2 Å². The fourth-order valence-electron chi connectivity index (χ4n) is 3.66. The summed E-state index contributed by atoms with van der Waals surface area (Å²) in [6.45, 7) is 1.18. The van der Waals surface area contributed by atoms with E-state index in [-0.39, 0.29) is 17.7 Å². The second kappa shape index (κ2) is 6.49. The molecule has 138 valence electrons. The van der Waals surface area contributed by atoms with Gasteiger partial charge in [-0.25, -0.2) is 4.98 Å². The molecule has 2 N–H and O–H groups in total. The molecule has 2 aromatic heterocycles. The van der Waals surface area contributed by atoms with E-state index in [1.165, 1.54) is 11.3 Å². The first-order valence-corrected chi connectivity index (χ1v) is 10.2. The summed E-state index contributed by atoms with van der Waals surface area (Å²) < 4.78 is 0. The van der Waals surface area contributed by atoms with Crippen molar-refractivity contribution < 1.29 is 9.59 Å². The highest BCUT2D eigenvalue weighted by atomic mass is 32.1. The molecule has 2 aliphatic rings. The van der Waals surface area contributed by atoms with Crippen LogP contribution in [0.5, 0.6) is 0 Å². The molecule has 6 nitrogen and oxygen atoms in total. The van der Waals surface area contributed by atoms with E-state index in [1.54, 1.807) is 0 Å². The number of carbonyl (C=O) groups is 2. The maximum absolute atomic E-state index is 12.9. The average molecular weight is 380 g/mol. The van der Waals surface area contributed by atoms with Gasteiger partial charge in [-0.15, -0.1) is 0 Å². The van der Waals surface area contributed by atoms with Crippen LogP contribution in [0.1, 0.15) is 40.3 Å². The van der Waals surface area contributed by atoms with Gasteiger partial charge in [0.2, 0.25) is 5.91 Å². The lowest BCUT2D eigenvalue weighted by Crippen LogP contribution is -2.35. The molecule has 0 atom stereocenters. The van der Waals surface area contributed by atoms with E-state index in [9.17, 15) is 9.59 Å². The molecule has 1 fully saturated rings. The number of hydrogen-bond donors (Lipinski definition) is 2. The van der Waals surface area contributed by atoms with Crippen LogP contribution in [0.15, 0.2) is 30.3 Å². The van der Waals surface area contributed by atoms with Crippen molar-refractivity contribution in [1.82, 2.24) is 14.9 Å². The Morgan fingerprint density at radius 2 is 2.11 bits per heavy atom. The Morgan fingerprint density at radius 1 is 1.26 bits per heavy atom. The number of thiazole rings is 1. The van der Waals surface area contributed by atoms with Gasteiger partial charge in [-0.3, -0.25) is 9.59 Å². The molecule has 0 radical (unpaired) electrons. The molecule has 1 aliphatic carbocycles. The highest BCUT2D eigenvalue weighted by Crippen LogP contribution is 2.32. The van der Waals surface area contributed by atoms with Crippen LogP contribution in [0.4, 0.5) is 5.13 Å². The van der Waals surface area contributed by atoms with Gasteiger partial charge in [-0.05, 0) is 25.0 Å². The van der Waals surface area contributed by atoms with E-state index >= 15 is 0 Å². The average Bonchev–Trinajstić information content (AvgIpc) is 3.21. The van der Waals surface area contributed by atoms with E-state index in [2.05, 4.69) is 15.3 Å². The lowest BCUT2D eigenvalue weighted by molar-refractivity contribution is -0.122. The lowest BCUT2D eigenvalue weighted by atomic mass is 9.85. The van der Waals surface area contributed by atoms with Gasteiger partial charge in [0.1, 0.15) is 5.69 Å². The Morgan fingerprint density at radius 3 is 2.89 bits per heavy atom. The third kappa shape index (κ3) is 3.02. The van der Waals surface area contributed by atoms with Crippen molar-refractivity contribution in [3.8, 4) is 0 Å². The van der Waals surface area contributed by atoms with Crippen LogP contribution in [0.25, 0.3) is 10.9 Å². The Balaban J connectivity index is 1.31. The third-order valence-electron chi connectivity index (χ3n) is 5.48. The fourth-order valence-corrected chi connectivity index (χ4v) is 4.69. The van der Waals surface area contributed by atoms with Gasteiger partial charge < -0.3 is 15.2 Å². The predicted octanol–water partition coefficient (Wildman–Crippen LogP) is 3.56. The lowest BCUT2D eigenvalue weighted by Gasteiger charge is -2.25. The third-order valence-corrected chi connectivity index (χ3v) is 6.48. The zero-order chi connectivity index (χ0) is 18.4. The zero-order valence-electron chi connectivity index (χ0n) is 14.8. The van der Waals surface area contributed by atoms with Crippen molar-refractivity contribution in [2.45, 2.75) is 32.2 Å². The molecule has 2 amide bonds. The molecule has 27 heavy (non-hydrogen) atoms. The SMILES string of the molecule is O=C(Nc1nc2c(s1)CN(C(=O)c1cc3ccccc3[nH]1)CC2)C1CCC1. The summed E-state index contributed by atoms with van der Waals surface area (Å²) in [6, 6.07) is 9.80. The number of hydrogen-bond acceptors (Lipinski definition) is 4. The first-order chi connectivity index (χ1) is 13.2. The Labute approximate surface area is 160 Å². The number of anilines is 1. The molecule has 3 heterocycles. The minimum absolute atomic E-state index is 0.00491. The van der Waals surface area contributed by atoms with Gasteiger partial charge >= 0.3 is 0 Å². The number of fused-ring (bicyclic) bond motifs is 2. The first-order valence-electron chi connectivity index (χ1n) is 9.34. The maximum atomic E-state index is 12.9. The highest BCUT2D eigenvalue weighted by molar-refractivity contribution is 7.15. The second-order valence-corrected chi connectivity index (χ2v) is 8.34. The number of benzene rings is 1. The summed E-state index contributed by atoms with van der Waals surface area (Å²) in [7, 11) is 0. The van der Waals surface area contributed by atoms with Crippen molar-refractivity contribution in [2.24, 2.45) is 5.92 Å². The van der Waals surface area contributed by atoms with E-state index in [1.807, 2.05) is 35.2 Å². The van der Waals surface area contributed by atoms with E-state index in [0.717, 1.165) is 47.2 Å². The topological polar surface area (TPSA) is 78.1 Å². The number of nitrogens with one attached hydrogen (secondary N) is 2. The van der Waals surface area contributed by atoms with Crippen molar-refractivity contribution in [2.75, 3.05) is 11.9 Å². The molecule has 1 saturated carbocycles. The number of H-pyrrole nitrogens is 1. The van der Waals surface area contributed by atoms with Crippen molar-refractivity contribution in [3.05, 3.63) is 46.6 Å². The van der Waals surface area contributed by atoms with E-state index in [0.29, 0.717) is 23.9 Å². The van der Waals surface area contributed by atoms with Crippen LogP contribution in [0, 0.1) is 5.92 Å². The van der Waals surface area contributed by atoms with Gasteiger partial charge in [0.05, 0.1) is 12.2 Å². The van der Waals surface area contributed by atoms with Gasteiger partial charge in [0.25, 0.3) is 5.91 Å². The largest absolute Gasteiger partial charge is 0.351 e. The quantitative estimate of drug-likeness (QED) is 0.729. The Hall–Kier alpha value is -2.67. The van der Waals surface area contributed by atoms with E-state index in [4.69, 9.17) is 0 Å². The molecule has 0 spiro atoms.